The summed E-state index contributed by atoms with van der Waals surface area (Å²) in [5, 5.41) is 1.42. The van der Waals surface area contributed by atoms with Gasteiger partial charge in [-0.25, -0.2) is 4.98 Å². The third kappa shape index (κ3) is 3.93. The standard InChI is InChI=1S/C29H24Cl2N4O/c30-22-9-5-20(6-10-22)17-29-13-16-34(27(36)25-18-32-14-15-33-25)28(29)35(26-4-2-1-3-24(26)29)19-21-7-11-23(31)12-8-21/h1-12,14-15,18,28H,13,16-17,19H2. The molecule has 0 N–H and O–H groups in total. The second-order valence-electron chi connectivity index (χ2n) is 9.44. The Balaban J connectivity index is 1.47. The SMILES string of the molecule is O=C(c1cnccn1)N1CCC2(Cc3ccc(Cl)cc3)c3ccccc3N(Cc3ccc(Cl)cc3)C12. The Morgan fingerprint density at radius 3 is 2.31 bits per heavy atom. The van der Waals surface area contributed by atoms with Gasteiger partial charge in [0.05, 0.1) is 6.20 Å². The van der Waals surface area contributed by atoms with E-state index in [1.54, 1.807) is 18.6 Å². The molecular weight excluding hydrogens is 491 g/mol. The van der Waals surface area contributed by atoms with Crippen molar-refractivity contribution in [3.8, 4) is 0 Å². The summed E-state index contributed by atoms with van der Waals surface area (Å²) in [5.41, 5.74) is 4.85. The van der Waals surface area contributed by atoms with E-state index in [0.717, 1.165) is 29.1 Å². The number of hydrogen-bond acceptors (Lipinski definition) is 4. The van der Waals surface area contributed by atoms with Gasteiger partial charge >= 0.3 is 0 Å². The lowest BCUT2D eigenvalue weighted by Crippen LogP contribution is -2.52. The van der Waals surface area contributed by atoms with Gasteiger partial charge < -0.3 is 9.80 Å². The summed E-state index contributed by atoms with van der Waals surface area (Å²) in [5.74, 6) is -0.0972. The molecule has 0 radical (unpaired) electrons. The number of para-hydroxylation sites is 1. The van der Waals surface area contributed by atoms with E-state index in [9.17, 15) is 4.79 Å². The molecule has 0 spiro atoms. The Bertz CT molecular complexity index is 1400. The van der Waals surface area contributed by atoms with Crippen LogP contribution in [0.5, 0.6) is 0 Å². The van der Waals surface area contributed by atoms with Crippen LogP contribution in [0.15, 0.2) is 91.4 Å². The molecule has 4 aromatic rings. The van der Waals surface area contributed by atoms with Gasteiger partial charge in [-0.2, -0.15) is 0 Å². The average Bonchev–Trinajstić information content (AvgIpc) is 3.40. The van der Waals surface area contributed by atoms with Crippen LogP contribution in [-0.4, -0.2) is 33.5 Å². The maximum atomic E-state index is 13.8. The van der Waals surface area contributed by atoms with Crippen LogP contribution in [0.25, 0.3) is 0 Å². The molecule has 6 rings (SSSR count). The highest BCUT2D eigenvalue weighted by atomic mass is 35.5. The van der Waals surface area contributed by atoms with E-state index in [4.69, 9.17) is 23.2 Å². The minimum atomic E-state index is -0.269. The number of halogens is 2. The van der Waals surface area contributed by atoms with E-state index in [-0.39, 0.29) is 17.5 Å². The maximum Gasteiger partial charge on any atom is 0.275 e. The summed E-state index contributed by atoms with van der Waals surface area (Å²) >= 11 is 12.4. The lowest BCUT2D eigenvalue weighted by atomic mass is 9.74. The molecule has 1 fully saturated rings. The predicted octanol–water partition coefficient (Wildman–Crippen LogP) is 6.16. The highest BCUT2D eigenvalue weighted by Crippen LogP contribution is 2.54. The van der Waals surface area contributed by atoms with Gasteiger partial charge in [0.25, 0.3) is 5.91 Å². The lowest BCUT2D eigenvalue weighted by molar-refractivity contribution is 0.0702. The van der Waals surface area contributed by atoms with Gasteiger partial charge in [-0.15, -0.1) is 0 Å². The van der Waals surface area contributed by atoms with Gasteiger partial charge in [0.2, 0.25) is 0 Å². The Hall–Kier alpha value is -3.41. The number of hydrogen-bond donors (Lipinski definition) is 0. The molecular formula is C29H24Cl2N4O. The van der Waals surface area contributed by atoms with Crippen molar-refractivity contribution in [2.75, 3.05) is 11.4 Å². The molecule has 0 aliphatic carbocycles. The Morgan fingerprint density at radius 1 is 0.917 bits per heavy atom. The molecule has 0 bridgehead atoms. The van der Waals surface area contributed by atoms with Crippen molar-refractivity contribution in [1.82, 2.24) is 14.9 Å². The smallest absolute Gasteiger partial charge is 0.275 e. The first-order valence-electron chi connectivity index (χ1n) is 12.0. The van der Waals surface area contributed by atoms with E-state index in [1.807, 2.05) is 41.3 Å². The molecule has 2 unspecified atom stereocenters. The van der Waals surface area contributed by atoms with Gasteiger partial charge in [0.1, 0.15) is 11.9 Å². The van der Waals surface area contributed by atoms with Crippen LogP contribution in [0.3, 0.4) is 0 Å². The number of amides is 1. The van der Waals surface area contributed by atoms with E-state index < -0.39 is 0 Å². The molecule has 1 saturated heterocycles. The first-order valence-corrected chi connectivity index (χ1v) is 12.7. The zero-order valence-corrected chi connectivity index (χ0v) is 21.0. The van der Waals surface area contributed by atoms with Gasteiger partial charge in [-0.1, -0.05) is 65.7 Å². The van der Waals surface area contributed by atoms with Crippen LogP contribution < -0.4 is 4.90 Å². The summed E-state index contributed by atoms with van der Waals surface area (Å²) in [6.07, 6.45) is 6.18. The van der Waals surface area contributed by atoms with E-state index in [1.165, 1.54) is 11.1 Å². The van der Waals surface area contributed by atoms with Crippen molar-refractivity contribution in [3.63, 3.8) is 0 Å². The van der Waals surface area contributed by atoms with Crippen LogP contribution in [0.4, 0.5) is 5.69 Å². The number of benzene rings is 3. The van der Waals surface area contributed by atoms with Crippen molar-refractivity contribution in [1.29, 1.82) is 0 Å². The topological polar surface area (TPSA) is 49.3 Å². The van der Waals surface area contributed by atoms with Gasteiger partial charge in [0.15, 0.2) is 0 Å². The van der Waals surface area contributed by atoms with Gasteiger partial charge in [-0.3, -0.25) is 9.78 Å². The van der Waals surface area contributed by atoms with Gasteiger partial charge in [0, 0.05) is 46.6 Å². The van der Waals surface area contributed by atoms with E-state index >= 15 is 0 Å². The molecule has 5 nitrogen and oxygen atoms in total. The molecule has 36 heavy (non-hydrogen) atoms. The zero-order chi connectivity index (χ0) is 24.7. The number of rotatable bonds is 5. The van der Waals surface area contributed by atoms with Crippen molar-refractivity contribution in [3.05, 3.63) is 124 Å². The van der Waals surface area contributed by atoms with Crippen molar-refractivity contribution in [2.45, 2.75) is 31.0 Å². The molecule has 1 amide bonds. The van der Waals surface area contributed by atoms with E-state index in [2.05, 4.69) is 51.3 Å². The third-order valence-electron chi connectivity index (χ3n) is 7.38. The second-order valence-corrected chi connectivity index (χ2v) is 10.3. The zero-order valence-electron chi connectivity index (χ0n) is 19.5. The average molecular weight is 515 g/mol. The highest BCUT2D eigenvalue weighted by molar-refractivity contribution is 6.30. The fourth-order valence-corrected chi connectivity index (χ4v) is 6.11. The summed E-state index contributed by atoms with van der Waals surface area (Å²) in [7, 11) is 0. The number of carbonyl (C=O) groups is 1. The van der Waals surface area contributed by atoms with Crippen LogP contribution in [0.1, 0.15) is 33.6 Å². The Morgan fingerprint density at radius 2 is 1.61 bits per heavy atom. The lowest BCUT2D eigenvalue weighted by Gasteiger charge is -2.38. The fourth-order valence-electron chi connectivity index (χ4n) is 5.86. The number of anilines is 1. The molecule has 2 aliphatic rings. The predicted molar refractivity (Wildman–Crippen MR) is 142 cm³/mol. The van der Waals surface area contributed by atoms with Crippen molar-refractivity contribution < 1.29 is 4.79 Å². The third-order valence-corrected chi connectivity index (χ3v) is 7.88. The van der Waals surface area contributed by atoms with Crippen LogP contribution in [0, 0.1) is 0 Å². The number of nitrogens with zero attached hydrogens (tertiary/aromatic N) is 4. The molecule has 0 saturated carbocycles. The molecule has 180 valence electrons. The van der Waals surface area contributed by atoms with Crippen LogP contribution in [-0.2, 0) is 18.4 Å². The van der Waals surface area contributed by atoms with E-state index in [0.29, 0.717) is 23.8 Å². The summed E-state index contributed by atoms with van der Waals surface area (Å²) in [6.45, 7) is 1.30. The van der Waals surface area contributed by atoms with Crippen molar-refractivity contribution >= 4 is 34.8 Å². The molecule has 3 heterocycles. The largest absolute Gasteiger partial charge is 0.346 e. The quantitative estimate of drug-likeness (QED) is 0.320. The summed E-state index contributed by atoms with van der Waals surface area (Å²) in [4.78, 5) is 26.6. The fraction of sp³-hybridized carbons (Fsp3) is 0.207. The number of fused-ring (bicyclic) bond motifs is 3. The Kier molecular flexibility index (Phi) is 5.90. The molecule has 1 aromatic heterocycles. The summed E-state index contributed by atoms with van der Waals surface area (Å²) < 4.78 is 0. The van der Waals surface area contributed by atoms with Crippen molar-refractivity contribution in [2.24, 2.45) is 0 Å². The minimum absolute atomic E-state index is 0.0972. The second kappa shape index (κ2) is 9.23. The van der Waals surface area contributed by atoms with Crippen LogP contribution >= 0.6 is 23.2 Å². The number of carbonyl (C=O) groups excluding carboxylic acids is 1. The molecule has 7 heteroatoms. The Labute approximate surface area is 220 Å². The number of likely N-dealkylation sites (tertiary alicyclic amines) is 1. The monoisotopic (exact) mass is 514 g/mol. The first-order chi connectivity index (χ1) is 17.5. The van der Waals surface area contributed by atoms with Crippen LogP contribution in [0.2, 0.25) is 10.0 Å². The van der Waals surface area contributed by atoms with Gasteiger partial charge in [-0.05, 0) is 59.9 Å². The minimum Gasteiger partial charge on any atom is -0.346 e. The number of aromatic nitrogens is 2. The normalized spacial score (nSPS) is 20.3. The molecule has 3 aromatic carbocycles. The maximum absolute atomic E-state index is 13.8. The highest BCUT2D eigenvalue weighted by Gasteiger charge is 2.58. The molecule has 2 atom stereocenters. The first kappa shape index (κ1) is 23.0. The summed E-state index contributed by atoms with van der Waals surface area (Å²) in [6, 6.07) is 24.5. The molecule has 2 aliphatic heterocycles.